The first-order valence-corrected chi connectivity index (χ1v) is 5.57. The molecule has 1 aromatic carbocycles. The first-order valence-electron chi connectivity index (χ1n) is 4.78. The number of benzene rings is 1. The molecule has 1 N–H and O–H groups in total. The molecule has 0 atom stereocenters. The predicted molar refractivity (Wildman–Crippen MR) is 59.2 cm³/mol. The zero-order valence-corrected chi connectivity index (χ0v) is 9.90. The number of amides is 1. The van der Waals surface area contributed by atoms with E-state index in [9.17, 15) is 9.18 Å². The predicted octanol–water partition coefficient (Wildman–Crippen LogP) is 2.87. The topological polar surface area (TPSA) is 29.1 Å². The standard InChI is InChI=1S/C11H11BrFNO/c1-11(4-5-11)14-10(15)8-3-2-7(13)6-9(8)12/h2-3,6H,4-5H2,1H3,(H,14,15). The van der Waals surface area contributed by atoms with Gasteiger partial charge in [0.15, 0.2) is 0 Å². The zero-order chi connectivity index (χ0) is 11.1. The molecule has 2 rings (SSSR count). The van der Waals surface area contributed by atoms with Crippen LogP contribution in [0.15, 0.2) is 22.7 Å². The van der Waals surface area contributed by atoms with Gasteiger partial charge in [-0.05, 0) is 53.9 Å². The Morgan fingerprint density at radius 3 is 2.73 bits per heavy atom. The molecule has 1 fully saturated rings. The van der Waals surface area contributed by atoms with E-state index in [2.05, 4.69) is 21.2 Å². The lowest BCUT2D eigenvalue weighted by molar-refractivity contribution is 0.0934. The molecule has 1 saturated carbocycles. The molecule has 0 spiro atoms. The molecule has 1 aliphatic rings. The van der Waals surface area contributed by atoms with Gasteiger partial charge in [-0.25, -0.2) is 4.39 Å². The quantitative estimate of drug-likeness (QED) is 0.881. The van der Waals surface area contributed by atoms with Crippen molar-refractivity contribution < 1.29 is 9.18 Å². The molecule has 1 aromatic rings. The molecular weight excluding hydrogens is 261 g/mol. The van der Waals surface area contributed by atoms with Crippen molar-refractivity contribution in [3.63, 3.8) is 0 Å². The second kappa shape index (κ2) is 3.59. The molecule has 1 amide bonds. The summed E-state index contributed by atoms with van der Waals surface area (Å²) in [7, 11) is 0. The number of carbonyl (C=O) groups is 1. The lowest BCUT2D eigenvalue weighted by atomic mass is 10.2. The fourth-order valence-corrected chi connectivity index (χ4v) is 1.86. The van der Waals surface area contributed by atoms with Crippen LogP contribution in [0.1, 0.15) is 30.1 Å². The number of carbonyl (C=O) groups excluding carboxylic acids is 1. The third kappa shape index (κ3) is 2.37. The summed E-state index contributed by atoms with van der Waals surface area (Å²) in [4.78, 5) is 11.8. The molecule has 0 unspecified atom stereocenters. The van der Waals surface area contributed by atoms with Gasteiger partial charge in [-0.1, -0.05) is 0 Å². The van der Waals surface area contributed by atoms with Crippen LogP contribution in [0.4, 0.5) is 4.39 Å². The van der Waals surface area contributed by atoms with Crippen LogP contribution in [0.3, 0.4) is 0 Å². The Labute approximate surface area is 96.0 Å². The van der Waals surface area contributed by atoms with E-state index in [0.29, 0.717) is 10.0 Å². The third-order valence-electron chi connectivity index (χ3n) is 2.59. The van der Waals surface area contributed by atoms with E-state index in [-0.39, 0.29) is 17.3 Å². The second-order valence-electron chi connectivity index (χ2n) is 4.14. The van der Waals surface area contributed by atoms with Crippen LogP contribution in [0.2, 0.25) is 0 Å². The number of halogens is 2. The number of hydrogen-bond donors (Lipinski definition) is 1. The number of hydrogen-bond acceptors (Lipinski definition) is 1. The summed E-state index contributed by atoms with van der Waals surface area (Å²) in [6.45, 7) is 2.00. The largest absolute Gasteiger partial charge is 0.347 e. The summed E-state index contributed by atoms with van der Waals surface area (Å²) < 4.78 is 13.3. The molecule has 0 radical (unpaired) electrons. The van der Waals surface area contributed by atoms with E-state index >= 15 is 0 Å². The highest BCUT2D eigenvalue weighted by Crippen LogP contribution is 2.34. The fraction of sp³-hybridized carbons (Fsp3) is 0.364. The van der Waals surface area contributed by atoms with Gasteiger partial charge in [-0.3, -0.25) is 4.79 Å². The first kappa shape index (κ1) is 10.6. The minimum atomic E-state index is -0.351. The van der Waals surface area contributed by atoms with Gasteiger partial charge in [0.1, 0.15) is 5.82 Å². The molecular formula is C11H11BrFNO. The van der Waals surface area contributed by atoms with Gasteiger partial charge < -0.3 is 5.32 Å². The van der Waals surface area contributed by atoms with Crippen molar-refractivity contribution in [1.82, 2.24) is 5.32 Å². The van der Waals surface area contributed by atoms with E-state index in [4.69, 9.17) is 0 Å². The van der Waals surface area contributed by atoms with Crippen LogP contribution >= 0.6 is 15.9 Å². The van der Waals surface area contributed by atoms with Gasteiger partial charge in [0.2, 0.25) is 0 Å². The first-order chi connectivity index (χ1) is 7.00. The molecule has 0 aromatic heterocycles. The van der Waals surface area contributed by atoms with Crippen molar-refractivity contribution in [2.45, 2.75) is 25.3 Å². The maximum Gasteiger partial charge on any atom is 0.252 e. The Hall–Kier alpha value is -0.900. The highest BCUT2D eigenvalue weighted by molar-refractivity contribution is 9.10. The van der Waals surface area contributed by atoms with Crippen LogP contribution in [0.5, 0.6) is 0 Å². The molecule has 0 aliphatic heterocycles. The normalized spacial score (nSPS) is 17.3. The summed E-state index contributed by atoms with van der Waals surface area (Å²) in [6, 6.07) is 4.07. The maximum atomic E-state index is 12.8. The van der Waals surface area contributed by atoms with Crippen molar-refractivity contribution in [3.05, 3.63) is 34.1 Å². The van der Waals surface area contributed by atoms with E-state index in [1.165, 1.54) is 18.2 Å². The smallest absolute Gasteiger partial charge is 0.252 e. The summed E-state index contributed by atoms with van der Waals surface area (Å²) >= 11 is 3.17. The van der Waals surface area contributed by atoms with Gasteiger partial charge in [0, 0.05) is 10.0 Å². The Morgan fingerprint density at radius 1 is 1.53 bits per heavy atom. The van der Waals surface area contributed by atoms with Crippen molar-refractivity contribution >= 4 is 21.8 Å². The van der Waals surface area contributed by atoms with Gasteiger partial charge in [-0.15, -0.1) is 0 Å². The van der Waals surface area contributed by atoms with E-state index in [0.717, 1.165) is 12.8 Å². The number of nitrogens with one attached hydrogen (secondary N) is 1. The summed E-state index contributed by atoms with van der Waals surface area (Å²) in [5.74, 6) is -0.502. The molecule has 0 bridgehead atoms. The zero-order valence-electron chi connectivity index (χ0n) is 8.31. The van der Waals surface area contributed by atoms with Crippen molar-refractivity contribution in [3.8, 4) is 0 Å². The Morgan fingerprint density at radius 2 is 2.20 bits per heavy atom. The number of rotatable bonds is 2. The third-order valence-corrected chi connectivity index (χ3v) is 3.25. The minimum Gasteiger partial charge on any atom is -0.347 e. The molecule has 0 saturated heterocycles. The Bertz CT molecular complexity index is 415. The van der Waals surface area contributed by atoms with Crippen molar-refractivity contribution in [2.75, 3.05) is 0 Å². The second-order valence-corrected chi connectivity index (χ2v) is 4.99. The van der Waals surface area contributed by atoms with E-state index in [1.807, 2.05) is 6.92 Å². The monoisotopic (exact) mass is 271 g/mol. The van der Waals surface area contributed by atoms with E-state index < -0.39 is 0 Å². The van der Waals surface area contributed by atoms with Crippen molar-refractivity contribution in [2.24, 2.45) is 0 Å². The van der Waals surface area contributed by atoms with Gasteiger partial charge >= 0.3 is 0 Å². The average molecular weight is 272 g/mol. The summed E-state index contributed by atoms with van der Waals surface area (Å²) in [5.41, 5.74) is 0.426. The molecule has 80 valence electrons. The Kier molecular flexibility index (Phi) is 2.54. The SMILES string of the molecule is CC1(NC(=O)c2ccc(F)cc2Br)CC1. The summed E-state index contributed by atoms with van der Waals surface area (Å²) in [6.07, 6.45) is 2.02. The van der Waals surface area contributed by atoms with Crippen LogP contribution in [0, 0.1) is 5.82 Å². The molecule has 2 nitrogen and oxygen atoms in total. The fourth-order valence-electron chi connectivity index (χ4n) is 1.33. The van der Waals surface area contributed by atoms with Crippen LogP contribution < -0.4 is 5.32 Å². The molecule has 1 aliphatic carbocycles. The molecule has 0 heterocycles. The van der Waals surface area contributed by atoms with E-state index in [1.54, 1.807) is 0 Å². The highest BCUT2D eigenvalue weighted by atomic mass is 79.9. The van der Waals surface area contributed by atoms with Crippen molar-refractivity contribution in [1.29, 1.82) is 0 Å². The van der Waals surface area contributed by atoms with Crippen LogP contribution in [0.25, 0.3) is 0 Å². The van der Waals surface area contributed by atoms with Gasteiger partial charge in [-0.2, -0.15) is 0 Å². The summed E-state index contributed by atoms with van der Waals surface area (Å²) in [5, 5.41) is 2.92. The Balaban J connectivity index is 2.18. The van der Waals surface area contributed by atoms with Gasteiger partial charge in [0.05, 0.1) is 5.56 Å². The lowest BCUT2D eigenvalue weighted by Gasteiger charge is -2.12. The maximum absolute atomic E-state index is 12.8. The van der Waals surface area contributed by atoms with Gasteiger partial charge in [0.25, 0.3) is 5.91 Å². The van der Waals surface area contributed by atoms with Crippen LogP contribution in [-0.2, 0) is 0 Å². The lowest BCUT2D eigenvalue weighted by Crippen LogP contribution is -2.34. The highest BCUT2D eigenvalue weighted by Gasteiger charge is 2.39. The average Bonchev–Trinajstić information content (AvgIpc) is 2.82. The van der Waals surface area contributed by atoms with Crippen LogP contribution in [-0.4, -0.2) is 11.4 Å². The minimum absolute atomic E-state index is 0.0507. The molecule has 4 heteroatoms. The molecule has 15 heavy (non-hydrogen) atoms.